The van der Waals surface area contributed by atoms with Crippen LogP contribution in [-0.2, 0) is 12.8 Å². The third-order valence-electron chi connectivity index (χ3n) is 4.09. The molecule has 0 unspecified atom stereocenters. The second kappa shape index (κ2) is 5.43. The first-order chi connectivity index (χ1) is 10.7. The maximum absolute atomic E-state index is 5.70. The molecule has 114 valence electrons. The number of thiazole rings is 1. The van der Waals surface area contributed by atoms with Crippen LogP contribution in [0.4, 0.5) is 0 Å². The predicted molar refractivity (Wildman–Crippen MR) is 90.9 cm³/mol. The van der Waals surface area contributed by atoms with Crippen LogP contribution in [0.5, 0.6) is 5.75 Å². The van der Waals surface area contributed by atoms with E-state index >= 15 is 0 Å². The van der Waals surface area contributed by atoms with Crippen LogP contribution >= 0.6 is 11.3 Å². The van der Waals surface area contributed by atoms with Crippen molar-refractivity contribution < 1.29 is 4.74 Å². The van der Waals surface area contributed by atoms with Gasteiger partial charge < -0.3 is 4.74 Å². The fourth-order valence-corrected chi connectivity index (χ4v) is 4.27. The van der Waals surface area contributed by atoms with Crippen LogP contribution in [-0.4, -0.2) is 15.5 Å². The molecule has 0 amide bonds. The predicted octanol–water partition coefficient (Wildman–Crippen LogP) is 4.73. The van der Waals surface area contributed by atoms with Gasteiger partial charge in [0.05, 0.1) is 11.8 Å². The van der Waals surface area contributed by atoms with Crippen LogP contribution in [0.3, 0.4) is 0 Å². The summed E-state index contributed by atoms with van der Waals surface area (Å²) in [6.07, 6.45) is 7.42. The molecule has 0 atom stereocenters. The van der Waals surface area contributed by atoms with E-state index in [9.17, 15) is 0 Å². The lowest BCUT2D eigenvalue weighted by atomic mass is 10.0. The highest BCUT2D eigenvalue weighted by Crippen LogP contribution is 2.32. The second-order valence-electron chi connectivity index (χ2n) is 6.15. The summed E-state index contributed by atoms with van der Waals surface area (Å²) in [6, 6.07) is 8.24. The molecule has 2 heterocycles. The molecule has 0 radical (unpaired) electrons. The number of hydrogen-bond donors (Lipinski definition) is 0. The van der Waals surface area contributed by atoms with Crippen molar-refractivity contribution in [3.63, 3.8) is 0 Å². The van der Waals surface area contributed by atoms with Crippen molar-refractivity contribution >= 4 is 16.3 Å². The van der Waals surface area contributed by atoms with Crippen molar-refractivity contribution in [3.8, 4) is 17.0 Å². The van der Waals surface area contributed by atoms with Gasteiger partial charge in [0.15, 0.2) is 4.96 Å². The topological polar surface area (TPSA) is 26.5 Å². The molecule has 0 aliphatic heterocycles. The Kier molecular flexibility index (Phi) is 3.41. The van der Waals surface area contributed by atoms with Gasteiger partial charge in [-0.25, -0.2) is 4.98 Å². The lowest BCUT2D eigenvalue weighted by Gasteiger charge is -2.10. The molecule has 4 rings (SSSR count). The lowest BCUT2D eigenvalue weighted by molar-refractivity contribution is 0.242. The molecule has 0 N–H and O–H groups in total. The molecule has 2 aromatic heterocycles. The lowest BCUT2D eigenvalue weighted by Crippen LogP contribution is -2.05. The zero-order valence-corrected chi connectivity index (χ0v) is 13.8. The SMILES string of the molecule is CC(C)Oc1ccc(-c2cn3c4c(sc3n2)CCCC4)cc1. The number of rotatable bonds is 3. The van der Waals surface area contributed by atoms with E-state index in [2.05, 4.69) is 22.7 Å². The molecule has 1 aliphatic rings. The highest BCUT2D eigenvalue weighted by Gasteiger charge is 2.18. The standard InChI is InChI=1S/C18H20N2OS/c1-12(2)21-14-9-7-13(8-10-14)15-11-20-16-5-3-4-6-17(16)22-18(20)19-15/h7-12H,3-6H2,1-2H3. The van der Waals surface area contributed by atoms with Gasteiger partial charge in [0.25, 0.3) is 0 Å². The molecule has 1 aliphatic carbocycles. The number of nitrogens with zero attached hydrogens (tertiary/aromatic N) is 2. The number of aromatic nitrogens is 2. The number of imidazole rings is 1. The van der Waals surface area contributed by atoms with E-state index in [0.29, 0.717) is 0 Å². The molecule has 0 saturated heterocycles. The minimum atomic E-state index is 0.204. The Balaban J connectivity index is 1.67. The molecular weight excluding hydrogens is 292 g/mol. The van der Waals surface area contributed by atoms with Gasteiger partial charge in [0.1, 0.15) is 5.75 Å². The molecule has 0 spiro atoms. The first-order valence-electron chi connectivity index (χ1n) is 7.97. The van der Waals surface area contributed by atoms with Crippen molar-refractivity contribution in [3.05, 3.63) is 41.0 Å². The third-order valence-corrected chi connectivity index (χ3v) is 5.25. The molecule has 0 bridgehead atoms. The van der Waals surface area contributed by atoms with Crippen LogP contribution in [0.15, 0.2) is 30.5 Å². The average Bonchev–Trinajstić information content (AvgIpc) is 3.05. The largest absolute Gasteiger partial charge is 0.491 e. The Morgan fingerprint density at radius 1 is 1.14 bits per heavy atom. The fraction of sp³-hybridized carbons (Fsp3) is 0.389. The number of hydrogen-bond acceptors (Lipinski definition) is 3. The average molecular weight is 312 g/mol. The molecular formula is C18H20N2OS. The van der Waals surface area contributed by atoms with E-state index in [4.69, 9.17) is 9.72 Å². The van der Waals surface area contributed by atoms with Crippen molar-refractivity contribution in [1.29, 1.82) is 0 Å². The Morgan fingerprint density at radius 2 is 1.91 bits per heavy atom. The smallest absolute Gasteiger partial charge is 0.194 e. The van der Waals surface area contributed by atoms with Crippen molar-refractivity contribution in [2.24, 2.45) is 0 Å². The minimum Gasteiger partial charge on any atom is -0.491 e. The van der Waals surface area contributed by atoms with Gasteiger partial charge in [-0.3, -0.25) is 4.40 Å². The maximum Gasteiger partial charge on any atom is 0.194 e. The number of benzene rings is 1. The summed E-state index contributed by atoms with van der Waals surface area (Å²) >= 11 is 1.85. The van der Waals surface area contributed by atoms with Gasteiger partial charge in [0, 0.05) is 22.3 Å². The van der Waals surface area contributed by atoms with Crippen LogP contribution < -0.4 is 4.74 Å². The summed E-state index contributed by atoms with van der Waals surface area (Å²) in [5.41, 5.74) is 3.68. The molecule has 0 saturated carbocycles. The van der Waals surface area contributed by atoms with Crippen LogP contribution in [0.1, 0.15) is 37.3 Å². The molecule has 3 aromatic rings. The Labute approximate surface area is 134 Å². The quantitative estimate of drug-likeness (QED) is 0.699. The second-order valence-corrected chi connectivity index (χ2v) is 7.21. The number of ether oxygens (including phenoxy) is 1. The third kappa shape index (κ3) is 2.41. The summed E-state index contributed by atoms with van der Waals surface area (Å²) in [7, 11) is 0. The fourth-order valence-electron chi connectivity index (χ4n) is 3.08. The van der Waals surface area contributed by atoms with Gasteiger partial charge >= 0.3 is 0 Å². The molecule has 22 heavy (non-hydrogen) atoms. The van der Waals surface area contributed by atoms with E-state index < -0.39 is 0 Å². The maximum atomic E-state index is 5.70. The van der Waals surface area contributed by atoms with Gasteiger partial charge in [-0.2, -0.15) is 0 Å². The van der Waals surface area contributed by atoms with E-state index in [1.54, 1.807) is 0 Å². The zero-order chi connectivity index (χ0) is 15.1. The van der Waals surface area contributed by atoms with Crippen molar-refractivity contribution in [2.45, 2.75) is 45.6 Å². The van der Waals surface area contributed by atoms with E-state index in [0.717, 1.165) is 22.0 Å². The molecule has 0 fully saturated rings. The van der Waals surface area contributed by atoms with Gasteiger partial charge in [-0.05, 0) is 63.8 Å². The summed E-state index contributed by atoms with van der Waals surface area (Å²) < 4.78 is 8.00. The minimum absolute atomic E-state index is 0.204. The van der Waals surface area contributed by atoms with Gasteiger partial charge in [-0.1, -0.05) is 0 Å². The Morgan fingerprint density at radius 3 is 2.68 bits per heavy atom. The van der Waals surface area contributed by atoms with E-state index in [-0.39, 0.29) is 6.10 Å². The summed E-state index contributed by atoms with van der Waals surface area (Å²) in [6.45, 7) is 4.08. The first-order valence-corrected chi connectivity index (χ1v) is 8.79. The monoisotopic (exact) mass is 312 g/mol. The molecule has 4 heteroatoms. The van der Waals surface area contributed by atoms with Crippen LogP contribution in [0.25, 0.3) is 16.2 Å². The molecule has 3 nitrogen and oxygen atoms in total. The highest BCUT2D eigenvalue weighted by atomic mass is 32.1. The first kappa shape index (κ1) is 13.8. The number of fused-ring (bicyclic) bond motifs is 3. The van der Waals surface area contributed by atoms with Crippen LogP contribution in [0, 0.1) is 0 Å². The van der Waals surface area contributed by atoms with Crippen molar-refractivity contribution in [1.82, 2.24) is 9.38 Å². The molecule has 1 aromatic carbocycles. The van der Waals surface area contributed by atoms with Gasteiger partial charge in [-0.15, -0.1) is 11.3 Å². The van der Waals surface area contributed by atoms with Gasteiger partial charge in [0.2, 0.25) is 0 Å². The number of aryl methyl sites for hydroxylation is 2. The Bertz CT molecular complexity index is 798. The van der Waals surface area contributed by atoms with Crippen LogP contribution in [0.2, 0.25) is 0 Å². The normalized spacial score (nSPS) is 14.5. The summed E-state index contributed by atoms with van der Waals surface area (Å²) in [4.78, 5) is 7.48. The zero-order valence-electron chi connectivity index (χ0n) is 13.0. The summed E-state index contributed by atoms with van der Waals surface area (Å²) in [5, 5.41) is 0. The highest BCUT2D eigenvalue weighted by molar-refractivity contribution is 7.17. The summed E-state index contributed by atoms with van der Waals surface area (Å²) in [5.74, 6) is 0.914. The van der Waals surface area contributed by atoms with Crippen molar-refractivity contribution in [2.75, 3.05) is 0 Å². The van der Waals surface area contributed by atoms with E-state index in [1.807, 2.05) is 37.3 Å². The van der Waals surface area contributed by atoms with E-state index in [1.165, 1.54) is 36.3 Å². The Hall–Kier alpha value is -1.81.